The average molecular weight is 305 g/mol. The van der Waals surface area contributed by atoms with E-state index in [2.05, 4.69) is 87.6 Å². The highest BCUT2D eigenvalue weighted by molar-refractivity contribution is 6.96. The Morgan fingerprint density at radius 1 is 0.864 bits per heavy atom. The molecule has 112 valence electrons. The molecule has 0 fully saturated rings. The molecule has 1 aliphatic carbocycles. The van der Waals surface area contributed by atoms with Gasteiger partial charge in [0.1, 0.15) is 8.07 Å². The summed E-state index contributed by atoms with van der Waals surface area (Å²) in [6.45, 7) is 9.40. The molecule has 0 saturated heterocycles. The summed E-state index contributed by atoms with van der Waals surface area (Å²) >= 11 is 0. The van der Waals surface area contributed by atoms with E-state index in [1.807, 2.05) is 0 Å². The van der Waals surface area contributed by atoms with E-state index >= 15 is 0 Å². The molecule has 1 heteroatoms. The molecule has 0 radical (unpaired) electrons. The monoisotopic (exact) mass is 304 g/mol. The van der Waals surface area contributed by atoms with Crippen molar-refractivity contribution in [2.75, 3.05) is 0 Å². The second kappa shape index (κ2) is 5.73. The second-order valence-corrected chi connectivity index (χ2v) is 11.3. The van der Waals surface area contributed by atoms with Crippen molar-refractivity contribution < 1.29 is 0 Å². The lowest BCUT2D eigenvalue weighted by atomic mass is 10.1. The Kier molecular flexibility index (Phi) is 3.92. The van der Waals surface area contributed by atoms with Gasteiger partial charge in [0.05, 0.1) is 0 Å². The predicted molar refractivity (Wildman–Crippen MR) is 100 cm³/mol. The largest absolute Gasteiger partial charge is 0.108 e. The minimum Gasteiger partial charge on any atom is -0.0802 e. The van der Waals surface area contributed by atoms with E-state index in [0.29, 0.717) is 0 Å². The summed E-state index contributed by atoms with van der Waals surface area (Å²) in [6.07, 6.45) is 5.76. The summed E-state index contributed by atoms with van der Waals surface area (Å²) in [7, 11) is -1.64. The van der Waals surface area contributed by atoms with Crippen molar-refractivity contribution in [3.05, 3.63) is 82.6 Å². The van der Waals surface area contributed by atoms with Gasteiger partial charge in [-0.1, -0.05) is 95.3 Å². The van der Waals surface area contributed by atoms with Crippen LogP contribution in [0.2, 0.25) is 13.1 Å². The van der Waals surface area contributed by atoms with Crippen LogP contribution in [0.5, 0.6) is 0 Å². The van der Waals surface area contributed by atoms with Crippen molar-refractivity contribution >= 4 is 18.8 Å². The van der Waals surface area contributed by atoms with Crippen LogP contribution in [0, 0.1) is 13.8 Å². The molecule has 0 spiro atoms. The Morgan fingerprint density at radius 3 is 2.14 bits per heavy atom. The molecule has 2 aromatic rings. The Morgan fingerprint density at radius 2 is 1.50 bits per heavy atom. The maximum atomic E-state index is 2.49. The lowest BCUT2D eigenvalue weighted by Gasteiger charge is -2.28. The first-order chi connectivity index (χ1) is 10.5. The van der Waals surface area contributed by atoms with Gasteiger partial charge in [-0.15, -0.1) is 0 Å². The van der Waals surface area contributed by atoms with Gasteiger partial charge in [0, 0.05) is 0 Å². The number of aryl methyl sites for hydroxylation is 2. The molecule has 0 saturated carbocycles. The van der Waals surface area contributed by atoms with Crippen LogP contribution in [0.25, 0.3) is 5.57 Å². The van der Waals surface area contributed by atoms with Crippen LogP contribution in [-0.2, 0) is 0 Å². The van der Waals surface area contributed by atoms with E-state index in [1.165, 1.54) is 22.3 Å². The quantitative estimate of drug-likeness (QED) is 0.686. The molecule has 0 atom stereocenters. The molecule has 2 aromatic carbocycles. The summed E-state index contributed by atoms with van der Waals surface area (Å²) < 4.78 is 0. The average Bonchev–Trinajstić information content (AvgIpc) is 2.97. The molecule has 0 unspecified atom stereocenters. The van der Waals surface area contributed by atoms with Gasteiger partial charge in [0.2, 0.25) is 0 Å². The minimum atomic E-state index is -1.64. The Balaban J connectivity index is 2.11. The normalized spacial score (nSPS) is 14.7. The summed E-state index contributed by atoms with van der Waals surface area (Å²) in [5, 5.41) is 3.21. The topological polar surface area (TPSA) is 0 Å². The van der Waals surface area contributed by atoms with E-state index in [-0.39, 0.29) is 0 Å². The summed E-state index contributed by atoms with van der Waals surface area (Å²) in [5.41, 5.74) is 5.57. The maximum Gasteiger partial charge on any atom is 0.108 e. The smallest absolute Gasteiger partial charge is 0.0802 e. The van der Waals surface area contributed by atoms with Crippen LogP contribution in [0.4, 0.5) is 0 Å². The molecule has 0 aliphatic heterocycles. The van der Waals surface area contributed by atoms with Crippen LogP contribution >= 0.6 is 0 Å². The van der Waals surface area contributed by atoms with Gasteiger partial charge in [0.15, 0.2) is 0 Å². The SMILES string of the molecule is Cc1cc(C)cc([Si](C)(C)C2=C(c3ccccc3)C=CC2)c1. The van der Waals surface area contributed by atoms with Gasteiger partial charge in [-0.05, 0) is 31.4 Å². The first kappa shape index (κ1) is 15.0. The maximum absolute atomic E-state index is 2.49. The molecule has 0 nitrogen and oxygen atoms in total. The zero-order valence-electron chi connectivity index (χ0n) is 14.0. The second-order valence-electron chi connectivity index (χ2n) is 6.87. The third-order valence-electron chi connectivity index (χ3n) is 4.71. The van der Waals surface area contributed by atoms with Crippen molar-refractivity contribution in [1.29, 1.82) is 0 Å². The first-order valence-electron chi connectivity index (χ1n) is 8.03. The van der Waals surface area contributed by atoms with Crippen LogP contribution < -0.4 is 5.19 Å². The van der Waals surface area contributed by atoms with Gasteiger partial charge < -0.3 is 0 Å². The van der Waals surface area contributed by atoms with E-state index in [1.54, 1.807) is 10.4 Å². The van der Waals surface area contributed by atoms with E-state index in [9.17, 15) is 0 Å². The zero-order valence-corrected chi connectivity index (χ0v) is 15.0. The number of rotatable bonds is 3. The van der Waals surface area contributed by atoms with Crippen LogP contribution in [-0.4, -0.2) is 8.07 Å². The van der Waals surface area contributed by atoms with Gasteiger partial charge in [-0.3, -0.25) is 0 Å². The van der Waals surface area contributed by atoms with E-state index in [0.717, 1.165) is 6.42 Å². The zero-order chi connectivity index (χ0) is 15.7. The third kappa shape index (κ3) is 2.73. The molecule has 22 heavy (non-hydrogen) atoms. The van der Waals surface area contributed by atoms with Crippen molar-refractivity contribution in [2.24, 2.45) is 0 Å². The van der Waals surface area contributed by atoms with E-state index < -0.39 is 8.07 Å². The molecular formula is C21H24Si. The fourth-order valence-electron chi connectivity index (χ4n) is 3.49. The molecule has 0 bridgehead atoms. The molecule has 0 amide bonds. The Bertz CT molecular complexity index is 728. The number of hydrogen-bond acceptors (Lipinski definition) is 0. The Hall–Kier alpha value is -1.86. The lowest BCUT2D eigenvalue weighted by molar-refractivity contribution is 1.35. The number of allylic oxidation sites excluding steroid dienone is 4. The summed E-state index contributed by atoms with van der Waals surface area (Å²) in [5.74, 6) is 0. The summed E-state index contributed by atoms with van der Waals surface area (Å²) in [6, 6.07) is 17.9. The van der Waals surface area contributed by atoms with Gasteiger partial charge >= 0.3 is 0 Å². The molecule has 0 heterocycles. The van der Waals surface area contributed by atoms with Crippen molar-refractivity contribution in [2.45, 2.75) is 33.4 Å². The highest BCUT2D eigenvalue weighted by atomic mass is 28.3. The highest BCUT2D eigenvalue weighted by Crippen LogP contribution is 2.34. The number of hydrogen-bond donors (Lipinski definition) is 0. The standard InChI is InChI=1S/C21H24Si/c1-16-13-17(2)15-19(14-16)22(3,4)21-12-8-11-20(21)18-9-6-5-7-10-18/h5-11,13-15H,12H2,1-4H3. The fraction of sp³-hybridized carbons (Fsp3) is 0.238. The lowest BCUT2D eigenvalue weighted by Crippen LogP contribution is -2.44. The van der Waals surface area contributed by atoms with Crippen LogP contribution in [0.15, 0.2) is 65.9 Å². The van der Waals surface area contributed by atoms with Crippen molar-refractivity contribution in [3.8, 4) is 0 Å². The molecule has 1 aliphatic rings. The van der Waals surface area contributed by atoms with E-state index in [4.69, 9.17) is 0 Å². The van der Waals surface area contributed by atoms with Gasteiger partial charge in [0.25, 0.3) is 0 Å². The molecule has 0 N–H and O–H groups in total. The van der Waals surface area contributed by atoms with Gasteiger partial charge in [-0.25, -0.2) is 0 Å². The minimum absolute atomic E-state index is 1.11. The predicted octanol–water partition coefficient (Wildman–Crippen LogP) is 5.17. The first-order valence-corrected chi connectivity index (χ1v) is 11.0. The van der Waals surface area contributed by atoms with Gasteiger partial charge in [-0.2, -0.15) is 0 Å². The number of benzene rings is 2. The molecular weight excluding hydrogens is 280 g/mol. The van der Waals surface area contributed by atoms with Crippen molar-refractivity contribution in [3.63, 3.8) is 0 Å². The fourth-order valence-corrected chi connectivity index (χ4v) is 6.55. The Labute approximate surface area is 135 Å². The molecule has 3 rings (SSSR count). The highest BCUT2D eigenvalue weighted by Gasteiger charge is 2.31. The third-order valence-corrected chi connectivity index (χ3v) is 8.43. The summed E-state index contributed by atoms with van der Waals surface area (Å²) in [4.78, 5) is 0. The van der Waals surface area contributed by atoms with Crippen LogP contribution in [0.3, 0.4) is 0 Å². The molecule has 0 aromatic heterocycles. The van der Waals surface area contributed by atoms with Crippen molar-refractivity contribution in [1.82, 2.24) is 0 Å². The van der Waals surface area contributed by atoms with Crippen LogP contribution in [0.1, 0.15) is 23.1 Å².